The van der Waals surface area contributed by atoms with Crippen LogP contribution in [0.15, 0.2) is 48.8 Å². The number of aliphatic hydroxyl groups is 1. The van der Waals surface area contributed by atoms with E-state index >= 15 is 0 Å². The Hall–Kier alpha value is -2.17. The summed E-state index contributed by atoms with van der Waals surface area (Å²) in [6.07, 6.45) is 6.31. The molecule has 1 aromatic carbocycles. The Kier molecular flexibility index (Phi) is 3.61. The normalized spacial score (nSPS) is 24.2. The molecular formula is C21H23N3O. The molecule has 0 spiro atoms. The van der Waals surface area contributed by atoms with Crippen LogP contribution in [0.25, 0.3) is 10.9 Å². The molecule has 0 amide bonds. The van der Waals surface area contributed by atoms with Crippen molar-refractivity contribution >= 4 is 10.9 Å². The Labute approximate surface area is 147 Å². The fraction of sp³-hybridized carbons (Fsp3) is 0.381. The Bertz CT molecular complexity index is 889. The molecule has 3 unspecified atom stereocenters. The molecule has 1 fully saturated rings. The smallest absolute Gasteiger partial charge is 0.0798 e. The van der Waals surface area contributed by atoms with E-state index in [1.807, 2.05) is 12.1 Å². The number of hydrogen-bond acceptors (Lipinski definition) is 3. The number of aromatic amines is 1. The summed E-state index contributed by atoms with van der Waals surface area (Å²) in [5.41, 5.74) is 4.96. The van der Waals surface area contributed by atoms with Crippen molar-refractivity contribution in [3.05, 3.63) is 65.6 Å². The third-order valence-corrected chi connectivity index (χ3v) is 6.03. The fourth-order valence-electron chi connectivity index (χ4n) is 4.84. The van der Waals surface area contributed by atoms with Gasteiger partial charge in [-0.15, -0.1) is 0 Å². The van der Waals surface area contributed by atoms with Crippen molar-refractivity contribution in [2.45, 2.75) is 43.9 Å². The number of para-hydroxylation sites is 1. The van der Waals surface area contributed by atoms with Crippen LogP contribution in [0.3, 0.4) is 0 Å². The molecule has 2 aromatic heterocycles. The van der Waals surface area contributed by atoms with E-state index in [1.165, 1.54) is 41.5 Å². The molecule has 4 heterocycles. The number of aliphatic hydroxyl groups excluding tert-OH is 1. The molecule has 2 aliphatic heterocycles. The summed E-state index contributed by atoms with van der Waals surface area (Å²) in [5.74, 6) is 0.349. The van der Waals surface area contributed by atoms with Crippen LogP contribution in [0.1, 0.15) is 48.1 Å². The second kappa shape index (κ2) is 5.97. The van der Waals surface area contributed by atoms with E-state index in [4.69, 9.17) is 0 Å². The quantitative estimate of drug-likeness (QED) is 0.767. The number of rotatable bonds is 3. The highest BCUT2D eigenvalue weighted by Gasteiger charge is 2.40. The average Bonchev–Trinajstić information content (AvgIpc) is 3.27. The van der Waals surface area contributed by atoms with Crippen LogP contribution in [0.4, 0.5) is 0 Å². The molecule has 3 atom stereocenters. The molecule has 128 valence electrons. The molecule has 2 N–H and O–H groups in total. The fourth-order valence-corrected chi connectivity index (χ4v) is 4.84. The minimum atomic E-state index is -0.451. The van der Waals surface area contributed by atoms with Gasteiger partial charge in [0.1, 0.15) is 0 Å². The van der Waals surface area contributed by atoms with Gasteiger partial charge in [0.05, 0.1) is 6.10 Å². The minimum absolute atomic E-state index is 0.349. The largest absolute Gasteiger partial charge is 0.388 e. The third kappa shape index (κ3) is 2.48. The predicted molar refractivity (Wildman–Crippen MR) is 98.3 cm³/mol. The van der Waals surface area contributed by atoms with Gasteiger partial charge in [-0.1, -0.05) is 18.2 Å². The summed E-state index contributed by atoms with van der Waals surface area (Å²) in [7, 11) is 0. The SMILES string of the molecule is OC(CC1c2[nH]c3ccccc3c2CN2CCCC12)c1ccncc1. The van der Waals surface area contributed by atoms with Crippen molar-refractivity contribution in [2.75, 3.05) is 6.54 Å². The highest BCUT2D eigenvalue weighted by atomic mass is 16.3. The number of aromatic nitrogens is 2. The molecule has 4 heteroatoms. The molecule has 0 aliphatic carbocycles. The zero-order valence-electron chi connectivity index (χ0n) is 14.2. The summed E-state index contributed by atoms with van der Waals surface area (Å²) in [4.78, 5) is 10.4. The Morgan fingerprint density at radius 1 is 1.20 bits per heavy atom. The summed E-state index contributed by atoms with van der Waals surface area (Å²) in [6.45, 7) is 2.21. The molecule has 5 rings (SSSR count). The molecule has 3 aromatic rings. The Morgan fingerprint density at radius 3 is 2.92 bits per heavy atom. The van der Waals surface area contributed by atoms with Gasteiger partial charge in [-0.25, -0.2) is 0 Å². The second-order valence-electron chi connectivity index (χ2n) is 7.38. The maximum absolute atomic E-state index is 10.8. The van der Waals surface area contributed by atoms with Crippen LogP contribution < -0.4 is 0 Å². The lowest BCUT2D eigenvalue weighted by Gasteiger charge is -2.37. The van der Waals surface area contributed by atoms with Crippen LogP contribution in [0.5, 0.6) is 0 Å². The first-order valence-corrected chi connectivity index (χ1v) is 9.23. The first-order chi connectivity index (χ1) is 12.3. The van der Waals surface area contributed by atoms with E-state index in [-0.39, 0.29) is 0 Å². The van der Waals surface area contributed by atoms with Gasteiger partial charge in [-0.05, 0) is 55.1 Å². The third-order valence-electron chi connectivity index (χ3n) is 6.03. The second-order valence-corrected chi connectivity index (χ2v) is 7.38. The van der Waals surface area contributed by atoms with E-state index in [0.717, 1.165) is 18.5 Å². The Morgan fingerprint density at radius 2 is 2.04 bits per heavy atom. The van der Waals surface area contributed by atoms with E-state index in [9.17, 15) is 5.11 Å². The molecular weight excluding hydrogens is 310 g/mol. The van der Waals surface area contributed by atoms with Crippen molar-refractivity contribution in [2.24, 2.45) is 0 Å². The van der Waals surface area contributed by atoms with Crippen LogP contribution >= 0.6 is 0 Å². The minimum Gasteiger partial charge on any atom is -0.388 e. The number of H-pyrrole nitrogens is 1. The van der Waals surface area contributed by atoms with Crippen molar-refractivity contribution in [1.29, 1.82) is 0 Å². The average molecular weight is 333 g/mol. The zero-order valence-corrected chi connectivity index (χ0v) is 14.2. The zero-order chi connectivity index (χ0) is 16.8. The van der Waals surface area contributed by atoms with Crippen LogP contribution in [0, 0.1) is 0 Å². The summed E-state index contributed by atoms with van der Waals surface area (Å²) >= 11 is 0. The number of nitrogens with zero attached hydrogens (tertiary/aromatic N) is 2. The highest BCUT2D eigenvalue weighted by Crippen LogP contribution is 2.44. The first kappa shape index (κ1) is 15.1. The number of pyridine rings is 1. The summed E-state index contributed by atoms with van der Waals surface area (Å²) < 4.78 is 0. The maximum atomic E-state index is 10.8. The molecule has 0 saturated carbocycles. The standard InChI is InChI=1S/C21H23N3O/c25-20(14-7-9-22-10-8-14)12-16-19-6-3-11-24(19)13-17-15-4-1-2-5-18(15)23-21(16)17/h1-2,4-5,7-10,16,19-20,23,25H,3,6,11-13H2. The van der Waals surface area contributed by atoms with Gasteiger partial charge in [-0.3, -0.25) is 9.88 Å². The topological polar surface area (TPSA) is 52.1 Å². The van der Waals surface area contributed by atoms with E-state index < -0.39 is 6.10 Å². The monoisotopic (exact) mass is 333 g/mol. The lowest BCUT2D eigenvalue weighted by atomic mass is 9.82. The lowest BCUT2D eigenvalue weighted by molar-refractivity contribution is 0.118. The molecule has 4 nitrogen and oxygen atoms in total. The predicted octanol–water partition coefficient (Wildman–Crippen LogP) is 3.75. The molecule has 0 radical (unpaired) electrons. The van der Waals surface area contributed by atoms with Gasteiger partial charge in [0, 0.05) is 47.5 Å². The summed E-state index contributed by atoms with van der Waals surface area (Å²) in [6, 6.07) is 13.0. The van der Waals surface area contributed by atoms with Gasteiger partial charge in [0.15, 0.2) is 0 Å². The van der Waals surface area contributed by atoms with Crippen LogP contribution in [-0.4, -0.2) is 32.6 Å². The highest BCUT2D eigenvalue weighted by molar-refractivity contribution is 5.85. The van der Waals surface area contributed by atoms with Gasteiger partial charge < -0.3 is 10.1 Å². The van der Waals surface area contributed by atoms with Crippen molar-refractivity contribution in [3.63, 3.8) is 0 Å². The summed E-state index contributed by atoms with van der Waals surface area (Å²) in [5, 5.41) is 12.2. The molecule has 1 saturated heterocycles. The number of hydrogen-bond donors (Lipinski definition) is 2. The van der Waals surface area contributed by atoms with Crippen LogP contribution in [-0.2, 0) is 6.54 Å². The van der Waals surface area contributed by atoms with Gasteiger partial charge in [0.25, 0.3) is 0 Å². The Balaban J connectivity index is 1.55. The molecule has 0 bridgehead atoms. The number of fused-ring (bicyclic) bond motifs is 4. The number of benzene rings is 1. The maximum Gasteiger partial charge on any atom is 0.0798 e. The van der Waals surface area contributed by atoms with Crippen molar-refractivity contribution in [1.82, 2.24) is 14.9 Å². The first-order valence-electron chi connectivity index (χ1n) is 9.23. The lowest BCUT2D eigenvalue weighted by Crippen LogP contribution is -2.39. The van der Waals surface area contributed by atoms with Crippen LogP contribution in [0.2, 0.25) is 0 Å². The molecule has 2 aliphatic rings. The van der Waals surface area contributed by atoms with Gasteiger partial charge >= 0.3 is 0 Å². The van der Waals surface area contributed by atoms with E-state index in [2.05, 4.69) is 39.1 Å². The van der Waals surface area contributed by atoms with Crippen molar-refractivity contribution < 1.29 is 5.11 Å². The van der Waals surface area contributed by atoms with E-state index in [1.54, 1.807) is 12.4 Å². The van der Waals surface area contributed by atoms with E-state index in [0.29, 0.717) is 12.0 Å². The van der Waals surface area contributed by atoms with Crippen molar-refractivity contribution in [3.8, 4) is 0 Å². The van der Waals surface area contributed by atoms with Gasteiger partial charge in [0.2, 0.25) is 0 Å². The molecule has 25 heavy (non-hydrogen) atoms. The number of nitrogens with one attached hydrogen (secondary N) is 1. The van der Waals surface area contributed by atoms with Gasteiger partial charge in [-0.2, -0.15) is 0 Å².